The number of nitrogens with one attached hydrogen (secondary N) is 1. The summed E-state index contributed by atoms with van der Waals surface area (Å²) in [7, 11) is -4.35. The molecule has 1 unspecified atom stereocenters. The third-order valence-corrected chi connectivity index (χ3v) is 7.24. The Morgan fingerprint density at radius 3 is 1.69 bits per heavy atom. The number of ether oxygens (including phenoxy) is 1. The first kappa shape index (κ1) is 24.3. The molecule has 10 heteroatoms. The van der Waals surface area contributed by atoms with Crippen molar-refractivity contribution in [3.63, 3.8) is 0 Å². The maximum absolute atomic E-state index is 13.9. The number of hydrogen-bond donors (Lipinski definition) is 1. The minimum Gasteiger partial charge on any atom is -0.445 e. The topological polar surface area (TPSA) is 73.9 Å². The number of carbonyl (C=O) groups is 1. The lowest BCUT2D eigenvalue weighted by Gasteiger charge is -2.31. The van der Waals surface area contributed by atoms with Gasteiger partial charge in [0.1, 0.15) is 18.1 Å². The Hall–Kier alpha value is -2.37. The number of alkyl carbamates (subject to hydrolysis) is 1. The third kappa shape index (κ3) is 7.07. The van der Waals surface area contributed by atoms with Crippen molar-refractivity contribution in [1.82, 2.24) is 5.32 Å². The number of para-hydroxylation sites is 2. The fraction of sp³-hybridized carbons (Fsp3) is 0.136. The second-order valence-electron chi connectivity index (χ2n) is 6.50. The number of carbonyl (C=O) groups excluding carboxylic acids is 1. The summed E-state index contributed by atoms with van der Waals surface area (Å²) in [6.45, 7) is -0.0391. The predicted molar refractivity (Wildman–Crippen MR) is 126 cm³/mol. The van der Waals surface area contributed by atoms with Crippen molar-refractivity contribution in [2.75, 3.05) is 0 Å². The van der Waals surface area contributed by atoms with Crippen LogP contribution in [0, 0.1) is 0 Å². The molecule has 0 aliphatic carbocycles. The summed E-state index contributed by atoms with van der Waals surface area (Å²) in [5.41, 5.74) is 0.748. The van der Waals surface area contributed by atoms with Crippen molar-refractivity contribution in [2.24, 2.45) is 0 Å². The summed E-state index contributed by atoms with van der Waals surface area (Å²) in [5.74, 6) is -1.29. The molecule has 0 heterocycles. The number of hydrogen-bond acceptors (Lipinski definition) is 5. The number of halogens is 3. The zero-order chi connectivity index (χ0) is 23.0. The molecule has 0 aliphatic heterocycles. The molecule has 3 aromatic rings. The average Bonchev–Trinajstić information content (AvgIpc) is 2.77. The van der Waals surface area contributed by atoms with Crippen LogP contribution in [0.3, 0.4) is 0 Å². The number of rotatable bonds is 8. The zero-order valence-corrected chi connectivity index (χ0v) is 19.7. The molecule has 1 N–H and O–H groups in total. The van der Waals surface area contributed by atoms with Crippen LogP contribution < -0.4 is 14.4 Å². The molecule has 168 valence electrons. The van der Waals surface area contributed by atoms with Gasteiger partial charge in [-0.2, -0.15) is 0 Å². The van der Waals surface area contributed by atoms with Gasteiger partial charge in [0, 0.05) is 0 Å². The standard InChI is InChI=1S/C22H19Cl3NO5P/c23-22(24,25)20(26-21(27)29-16-17-10-4-1-5-11-17)32(28,30-18-12-6-2-7-13-18)31-19-14-8-3-9-15-19/h1-15,20H,16H2,(H,26,27). The van der Waals surface area contributed by atoms with Crippen LogP contribution in [-0.4, -0.2) is 15.7 Å². The van der Waals surface area contributed by atoms with Gasteiger partial charge in [0.05, 0.1) is 0 Å². The highest BCUT2D eigenvalue weighted by molar-refractivity contribution is 7.56. The van der Waals surface area contributed by atoms with Gasteiger partial charge in [0.15, 0.2) is 0 Å². The fourth-order valence-electron chi connectivity index (χ4n) is 2.60. The molecule has 0 bridgehead atoms. The molecular weight excluding hydrogens is 496 g/mol. The lowest BCUT2D eigenvalue weighted by atomic mass is 10.2. The Bertz CT molecular complexity index is 1000. The summed E-state index contributed by atoms with van der Waals surface area (Å²) in [4.78, 5) is 12.5. The molecule has 0 aliphatic rings. The highest BCUT2D eigenvalue weighted by Gasteiger charge is 2.53. The second-order valence-corrected chi connectivity index (χ2v) is 10.8. The zero-order valence-electron chi connectivity index (χ0n) is 16.6. The van der Waals surface area contributed by atoms with Crippen LogP contribution >= 0.6 is 42.4 Å². The minimum atomic E-state index is -4.35. The van der Waals surface area contributed by atoms with Crippen LogP contribution in [0.1, 0.15) is 5.56 Å². The molecule has 0 aromatic heterocycles. The molecule has 1 atom stereocenters. The molecule has 32 heavy (non-hydrogen) atoms. The van der Waals surface area contributed by atoms with Gasteiger partial charge in [-0.1, -0.05) is 102 Å². The van der Waals surface area contributed by atoms with Crippen molar-refractivity contribution in [2.45, 2.75) is 16.2 Å². The van der Waals surface area contributed by atoms with E-state index in [9.17, 15) is 9.36 Å². The van der Waals surface area contributed by atoms with Gasteiger partial charge >= 0.3 is 13.7 Å². The molecule has 0 spiro atoms. The van der Waals surface area contributed by atoms with Gasteiger partial charge in [0.25, 0.3) is 0 Å². The summed E-state index contributed by atoms with van der Waals surface area (Å²) in [5, 5.41) is 2.34. The first-order valence-electron chi connectivity index (χ1n) is 9.39. The Balaban J connectivity index is 1.86. The normalized spacial score (nSPS) is 12.5. The van der Waals surface area contributed by atoms with Crippen molar-refractivity contribution in [3.05, 3.63) is 96.6 Å². The predicted octanol–water partition coefficient (Wildman–Crippen LogP) is 6.96. The SMILES string of the molecule is O=C(NC(C(Cl)(Cl)Cl)P(=O)(Oc1ccccc1)Oc1ccccc1)OCc1ccccc1. The van der Waals surface area contributed by atoms with E-state index in [-0.39, 0.29) is 18.1 Å². The Kier molecular flexibility index (Phi) is 8.32. The highest BCUT2D eigenvalue weighted by atomic mass is 35.6. The number of benzene rings is 3. The van der Waals surface area contributed by atoms with Gasteiger partial charge in [-0.25, -0.2) is 9.36 Å². The molecule has 0 fully saturated rings. The van der Waals surface area contributed by atoms with Crippen LogP contribution in [0.2, 0.25) is 0 Å². The van der Waals surface area contributed by atoms with E-state index in [2.05, 4.69) is 5.32 Å². The molecular formula is C22H19Cl3NO5P. The Labute approximate surface area is 200 Å². The second kappa shape index (κ2) is 11.0. The first-order chi connectivity index (χ1) is 15.3. The van der Waals surface area contributed by atoms with Crippen LogP contribution in [0.4, 0.5) is 4.79 Å². The van der Waals surface area contributed by atoms with Gasteiger partial charge in [0.2, 0.25) is 9.58 Å². The average molecular weight is 515 g/mol. The molecule has 3 rings (SSSR count). The largest absolute Gasteiger partial charge is 0.457 e. The molecule has 3 aromatic carbocycles. The third-order valence-electron chi connectivity index (χ3n) is 4.05. The van der Waals surface area contributed by atoms with E-state index in [1.165, 1.54) is 0 Å². The molecule has 1 amide bonds. The number of amides is 1. The smallest absolute Gasteiger partial charge is 0.445 e. The van der Waals surface area contributed by atoms with Crippen LogP contribution in [0.5, 0.6) is 11.5 Å². The lowest BCUT2D eigenvalue weighted by molar-refractivity contribution is 0.137. The first-order valence-corrected chi connectivity index (χ1v) is 12.1. The Morgan fingerprint density at radius 1 is 0.812 bits per heavy atom. The lowest BCUT2D eigenvalue weighted by Crippen LogP contribution is -2.45. The van der Waals surface area contributed by atoms with Crippen molar-refractivity contribution in [3.8, 4) is 11.5 Å². The van der Waals surface area contributed by atoms with Crippen LogP contribution in [0.25, 0.3) is 0 Å². The summed E-state index contributed by atoms with van der Waals surface area (Å²) < 4.78 is 28.2. The fourth-order valence-corrected chi connectivity index (χ4v) is 5.54. The molecule has 6 nitrogen and oxygen atoms in total. The van der Waals surface area contributed by atoms with E-state index < -0.39 is 23.3 Å². The summed E-state index contributed by atoms with van der Waals surface area (Å²) in [6, 6.07) is 25.4. The van der Waals surface area contributed by atoms with Crippen LogP contribution in [0.15, 0.2) is 91.0 Å². The molecule has 0 saturated carbocycles. The quantitative estimate of drug-likeness (QED) is 0.260. The van der Waals surface area contributed by atoms with E-state index in [1.54, 1.807) is 84.9 Å². The maximum Gasteiger partial charge on any atom is 0.457 e. The molecule has 0 radical (unpaired) electrons. The monoisotopic (exact) mass is 513 g/mol. The minimum absolute atomic E-state index is 0.0391. The van der Waals surface area contributed by atoms with Gasteiger partial charge in [-0.3, -0.25) is 0 Å². The highest BCUT2D eigenvalue weighted by Crippen LogP contribution is 2.58. The van der Waals surface area contributed by atoms with E-state index in [1.807, 2.05) is 6.07 Å². The van der Waals surface area contributed by atoms with E-state index >= 15 is 0 Å². The van der Waals surface area contributed by atoms with E-state index in [0.29, 0.717) is 0 Å². The van der Waals surface area contributed by atoms with E-state index in [4.69, 9.17) is 48.6 Å². The van der Waals surface area contributed by atoms with Gasteiger partial charge in [-0.05, 0) is 29.8 Å². The maximum atomic E-state index is 13.9. The number of alkyl halides is 3. The van der Waals surface area contributed by atoms with Crippen molar-refractivity contribution in [1.29, 1.82) is 0 Å². The van der Waals surface area contributed by atoms with Gasteiger partial charge in [-0.15, -0.1) is 0 Å². The summed E-state index contributed by atoms with van der Waals surface area (Å²) in [6.07, 6.45) is -0.960. The summed E-state index contributed by atoms with van der Waals surface area (Å²) >= 11 is 18.3. The molecule has 0 saturated heterocycles. The van der Waals surface area contributed by atoms with E-state index in [0.717, 1.165) is 5.56 Å². The van der Waals surface area contributed by atoms with Gasteiger partial charge < -0.3 is 19.1 Å². The van der Waals surface area contributed by atoms with Crippen LogP contribution in [-0.2, 0) is 15.9 Å². The Morgan fingerprint density at radius 2 is 1.25 bits per heavy atom. The van der Waals surface area contributed by atoms with Crippen molar-refractivity contribution < 1.29 is 23.1 Å². The van der Waals surface area contributed by atoms with Crippen molar-refractivity contribution >= 4 is 48.5 Å².